The number of ether oxygens (including phenoxy) is 1. The lowest BCUT2D eigenvalue weighted by Gasteiger charge is -2.13. The van der Waals surface area contributed by atoms with Crippen LogP contribution in [0.15, 0.2) is 18.2 Å². The standard InChI is InChI=1S/C10H11ClN2O2/c11-9-2-1-8(12)5-7(9)6-13-3-4-15-10(13)14/h1-2,5H,3-4,6,12H2. The molecule has 0 radical (unpaired) electrons. The van der Waals surface area contributed by atoms with Crippen molar-refractivity contribution in [2.24, 2.45) is 0 Å². The Hall–Kier alpha value is -1.42. The van der Waals surface area contributed by atoms with Crippen LogP contribution in [0.1, 0.15) is 5.56 Å². The predicted octanol–water partition coefficient (Wildman–Crippen LogP) is 1.87. The van der Waals surface area contributed by atoms with E-state index >= 15 is 0 Å². The molecule has 1 aliphatic rings. The van der Waals surface area contributed by atoms with Crippen molar-refractivity contribution in [3.05, 3.63) is 28.8 Å². The lowest BCUT2D eigenvalue weighted by atomic mass is 10.2. The number of cyclic esters (lactones) is 1. The number of hydrogen-bond acceptors (Lipinski definition) is 3. The molecule has 0 unspecified atom stereocenters. The first-order valence-electron chi connectivity index (χ1n) is 4.62. The fourth-order valence-electron chi connectivity index (χ4n) is 1.49. The summed E-state index contributed by atoms with van der Waals surface area (Å²) in [5, 5.41) is 0.615. The SMILES string of the molecule is Nc1ccc(Cl)c(CN2CCOC2=O)c1. The van der Waals surface area contributed by atoms with Gasteiger partial charge in [0.15, 0.2) is 0 Å². The van der Waals surface area contributed by atoms with Crippen LogP contribution < -0.4 is 5.73 Å². The highest BCUT2D eigenvalue weighted by Crippen LogP contribution is 2.21. The van der Waals surface area contributed by atoms with Crippen LogP contribution in [0.2, 0.25) is 5.02 Å². The van der Waals surface area contributed by atoms with Gasteiger partial charge in [-0.05, 0) is 23.8 Å². The third-order valence-corrected chi connectivity index (χ3v) is 2.64. The molecule has 0 bridgehead atoms. The van der Waals surface area contributed by atoms with Gasteiger partial charge >= 0.3 is 6.09 Å². The van der Waals surface area contributed by atoms with Crippen molar-refractivity contribution < 1.29 is 9.53 Å². The number of rotatable bonds is 2. The number of carbonyl (C=O) groups is 1. The normalized spacial score (nSPS) is 15.5. The highest BCUT2D eigenvalue weighted by molar-refractivity contribution is 6.31. The van der Waals surface area contributed by atoms with E-state index in [0.29, 0.717) is 30.4 Å². The molecule has 15 heavy (non-hydrogen) atoms. The number of benzene rings is 1. The number of carbonyl (C=O) groups excluding carboxylic acids is 1. The number of nitrogen functional groups attached to an aromatic ring is 1. The second-order valence-electron chi connectivity index (χ2n) is 3.39. The largest absolute Gasteiger partial charge is 0.448 e. The molecular formula is C10H11ClN2O2. The van der Waals surface area contributed by atoms with Crippen LogP contribution in [-0.2, 0) is 11.3 Å². The van der Waals surface area contributed by atoms with Crippen LogP contribution in [-0.4, -0.2) is 24.1 Å². The second-order valence-corrected chi connectivity index (χ2v) is 3.79. The first-order valence-corrected chi connectivity index (χ1v) is 5.00. The zero-order valence-corrected chi connectivity index (χ0v) is 8.83. The van der Waals surface area contributed by atoms with Gasteiger partial charge in [0.25, 0.3) is 0 Å². The van der Waals surface area contributed by atoms with Gasteiger partial charge in [-0.3, -0.25) is 0 Å². The second kappa shape index (κ2) is 3.98. The highest BCUT2D eigenvalue weighted by atomic mass is 35.5. The Morgan fingerprint density at radius 1 is 1.53 bits per heavy atom. The van der Waals surface area contributed by atoms with E-state index in [1.807, 2.05) is 0 Å². The van der Waals surface area contributed by atoms with E-state index in [0.717, 1.165) is 5.56 Å². The molecule has 1 aliphatic heterocycles. The molecule has 80 valence electrons. The number of amides is 1. The Balaban J connectivity index is 2.16. The highest BCUT2D eigenvalue weighted by Gasteiger charge is 2.22. The van der Waals surface area contributed by atoms with E-state index in [1.165, 1.54) is 0 Å². The minimum atomic E-state index is -0.298. The van der Waals surface area contributed by atoms with Gasteiger partial charge in [0.2, 0.25) is 0 Å². The third kappa shape index (κ3) is 2.15. The summed E-state index contributed by atoms with van der Waals surface area (Å²) in [5.41, 5.74) is 7.13. The summed E-state index contributed by atoms with van der Waals surface area (Å²) in [5.74, 6) is 0. The van der Waals surface area contributed by atoms with Gasteiger partial charge in [0.1, 0.15) is 6.61 Å². The number of nitrogens with zero attached hydrogens (tertiary/aromatic N) is 1. The molecule has 0 atom stereocenters. The molecule has 0 spiro atoms. The summed E-state index contributed by atoms with van der Waals surface area (Å²) in [6.07, 6.45) is -0.298. The molecule has 0 aromatic heterocycles. The molecule has 1 heterocycles. The molecule has 1 saturated heterocycles. The minimum absolute atomic E-state index is 0.298. The van der Waals surface area contributed by atoms with Crippen molar-refractivity contribution in [2.75, 3.05) is 18.9 Å². The van der Waals surface area contributed by atoms with Crippen molar-refractivity contribution in [3.8, 4) is 0 Å². The molecule has 4 nitrogen and oxygen atoms in total. The molecule has 0 saturated carbocycles. The molecule has 1 aromatic carbocycles. The summed E-state index contributed by atoms with van der Waals surface area (Å²) in [6.45, 7) is 1.49. The van der Waals surface area contributed by atoms with Crippen LogP contribution in [0.5, 0.6) is 0 Å². The van der Waals surface area contributed by atoms with Gasteiger partial charge in [0.05, 0.1) is 13.1 Å². The Labute approximate surface area is 92.6 Å². The summed E-state index contributed by atoms with van der Waals surface area (Å²) in [6, 6.07) is 5.23. The Bertz CT molecular complexity index is 395. The third-order valence-electron chi connectivity index (χ3n) is 2.28. The maximum absolute atomic E-state index is 11.2. The number of nitrogens with two attached hydrogens (primary N) is 1. The first kappa shape index (κ1) is 10.1. The van der Waals surface area contributed by atoms with Crippen LogP contribution in [0.25, 0.3) is 0 Å². The maximum Gasteiger partial charge on any atom is 0.410 e. The van der Waals surface area contributed by atoms with E-state index in [9.17, 15) is 4.79 Å². The van der Waals surface area contributed by atoms with Gasteiger partial charge in [-0.25, -0.2) is 4.79 Å². The van der Waals surface area contributed by atoms with Crippen molar-refractivity contribution in [3.63, 3.8) is 0 Å². The number of anilines is 1. The lowest BCUT2D eigenvalue weighted by molar-refractivity contribution is 0.157. The lowest BCUT2D eigenvalue weighted by Crippen LogP contribution is -2.23. The fraction of sp³-hybridized carbons (Fsp3) is 0.300. The molecular weight excluding hydrogens is 216 g/mol. The van der Waals surface area contributed by atoms with Crippen molar-refractivity contribution >= 4 is 23.4 Å². The monoisotopic (exact) mass is 226 g/mol. The fourth-order valence-corrected chi connectivity index (χ4v) is 1.67. The summed E-state index contributed by atoms with van der Waals surface area (Å²) < 4.78 is 4.82. The van der Waals surface area contributed by atoms with Crippen molar-refractivity contribution in [2.45, 2.75) is 6.54 Å². The van der Waals surface area contributed by atoms with Crippen molar-refractivity contribution in [1.82, 2.24) is 4.90 Å². The van der Waals surface area contributed by atoms with E-state index in [4.69, 9.17) is 22.1 Å². The zero-order chi connectivity index (χ0) is 10.8. The molecule has 1 fully saturated rings. The smallest absolute Gasteiger partial charge is 0.410 e. The van der Waals surface area contributed by atoms with Gasteiger partial charge < -0.3 is 15.4 Å². The molecule has 2 N–H and O–H groups in total. The Kier molecular flexibility index (Phi) is 2.68. The summed E-state index contributed by atoms with van der Waals surface area (Å²) in [7, 11) is 0. The van der Waals surface area contributed by atoms with E-state index in [1.54, 1.807) is 23.1 Å². The van der Waals surface area contributed by atoms with Crippen LogP contribution in [0.3, 0.4) is 0 Å². The average molecular weight is 227 g/mol. The van der Waals surface area contributed by atoms with E-state index < -0.39 is 0 Å². The summed E-state index contributed by atoms with van der Waals surface area (Å²) in [4.78, 5) is 12.8. The summed E-state index contributed by atoms with van der Waals surface area (Å²) >= 11 is 5.99. The number of hydrogen-bond donors (Lipinski definition) is 1. The average Bonchev–Trinajstić information content (AvgIpc) is 2.58. The Morgan fingerprint density at radius 3 is 3.00 bits per heavy atom. The molecule has 2 rings (SSSR count). The van der Waals surface area contributed by atoms with E-state index in [2.05, 4.69) is 0 Å². The van der Waals surface area contributed by atoms with Crippen LogP contribution in [0, 0.1) is 0 Å². The van der Waals surface area contributed by atoms with Gasteiger partial charge in [-0.2, -0.15) is 0 Å². The Morgan fingerprint density at radius 2 is 2.33 bits per heavy atom. The predicted molar refractivity (Wildman–Crippen MR) is 57.6 cm³/mol. The number of halogens is 1. The van der Waals surface area contributed by atoms with E-state index in [-0.39, 0.29) is 6.09 Å². The minimum Gasteiger partial charge on any atom is -0.448 e. The van der Waals surface area contributed by atoms with Gasteiger partial charge in [0, 0.05) is 10.7 Å². The molecule has 1 aromatic rings. The first-order chi connectivity index (χ1) is 7.16. The maximum atomic E-state index is 11.2. The molecule has 1 amide bonds. The van der Waals surface area contributed by atoms with Gasteiger partial charge in [-0.1, -0.05) is 11.6 Å². The molecule has 0 aliphatic carbocycles. The van der Waals surface area contributed by atoms with Crippen LogP contribution in [0.4, 0.5) is 10.5 Å². The topological polar surface area (TPSA) is 55.6 Å². The van der Waals surface area contributed by atoms with Gasteiger partial charge in [-0.15, -0.1) is 0 Å². The quantitative estimate of drug-likeness (QED) is 0.784. The van der Waals surface area contributed by atoms with Crippen molar-refractivity contribution in [1.29, 1.82) is 0 Å². The molecule has 5 heteroatoms. The van der Waals surface area contributed by atoms with Crippen LogP contribution >= 0.6 is 11.6 Å². The zero-order valence-electron chi connectivity index (χ0n) is 8.07.